The maximum absolute atomic E-state index is 16.4. The van der Waals surface area contributed by atoms with Crippen LogP contribution in [0.2, 0.25) is 18.6 Å². The van der Waals surface area contributed by atoms with Gasteiger partial charge in [-0.1, -0.05) is 54.6 Å². The average Bonchev–Trinajstić information content (AvgIpc) is 3.88. The second-order valence-corrected chi connectivity index (χ2v) is 18.0. The van der Waals surface area contributed by atoms with Crippen LogP contribution in [0.25, 0.3) is 0 Å². The van der Waals surface area contributed by atoms with Crippen molar-refractivity contribution >= 4 is 31.6 Å². The van der Waals surface area contributed by atoms with Crippen LogP contribution in [-0.4, -0.2) is 66.7 Å². The standard InChI is InChI=1S/C38H44FN5O5Si/c1-25-36(50(3,4)39)34(18-20-42-23-32(40-41-42)30(24-45)27-9-6-5-7-10-27)49-38(25)31-21-29(48-2)16-17-33(31)44(37(38)47)22-26-12-14-28(15-13-26)43-19-8-11-35(43)46/h5-7,9-10,12-17,21,23,25,30,34,36,45H,8,11,18-20,22,24H2,1-4H3/t25-,30?,34+,36-,38+/m1/s1. The number of fused-ring (bicyclic) bond motifs is 2. The number of anilines is 2. The first-order valence-electron chi connectivity index (χ1n) is 17.4. The van der Waals surface area contributed by atoms with Crippen molar-refractivity contribution in [3.63, 3.8) is 0 Å². The molecule has 1 unspecified atom stereocenters. The minimum absolute atomic E-state index is 0.109. The molecule has 3 aliphatic heterocycles. The molecule has 1 spiro atoms. The Balaban J connectivity index is 1.17. The number of carbonyl (C=O) groups excluding carboxylic acids is 2. The lowest BCUT2D eigenvalue weighted by Crippen LogP contribution is -2.45. The Bertz CT molecular complexity index is 1870. The van der Waals surface area contributed by atoms with E-state index in [-0.39, 0.29) is 24.3 Å². The molecule has 50 heavy (non-hydrogen) atoms. The quantitative estimate of drug-likeness (QED) is 0.152. The Kier molecular flexibility index (Phi) is 9.12. The third-order valence-electron chi connectivity index (χ3n) is 10.8. The molecule has 1 aromatic heterocycles. The molecule has 12 heteroatoms. The van der Waals surface area contributed by atoms with Crippen LogP contribution >= 0.6 is 0 Å². The topological polar surface area (TPSA) is 110 Å². The van der Waals surface area contributed by atoms with E-state index in [4.69, 9.17) is 9.47 Å². The van der Waals surface area contributed by atoms with E-state index in [0.717, 1.165) is 28.9 Å². The SMILES string of the molecule is COc1ccc2c(c1)[C@]1(O[C@@H](CCn3cc(C(CO)c4ccccc4)nn3)[C@H]([Si](C)(C)F)[C@H]1C)C(=O)N2Cc1ccc(N2CCCC2=O)cc1. The number of aryl methyl sites for hydroxylation is 1. The van der Waals surface area contributed by atoms with Crippen LogP contribution in [0.1, 0.15) is 54.5 Å². The van der Waals surface area contributed by atoms with E-state index < -0.39 is 31.6 Å². The highest BCUT2D eigenvalue weighted by Crippen LogP contribution is 2.60. The van der Waals surface area contributed by atoms with Crippen LogP contribution in [0, 0.1) is 5.92 Å². The summed E-state index contributed by atoms with van der Waals surface area (Å²) in [6.07, 6.45) is 3.11. The summed E-state index contributed by atoms with van der Waals surface area (Å²) in [7, 11) is -1.79. The van der Waals surface area contributed by atoms with Crippen molar-refractivity contribution in [2.75, 3.05) is 30.1 Å². The van der Waals surface area contributed by atoms with Gasteiger partial charge in [-0.15, -0.1) is 5.10 Å². The van der Waals surface area contributed by atoms with E-state index >= 15 is 4.11 Å². The van der Waals surface area contributed by atoms with E-state index in [1.54, 1.807) is 34.7 Å². The normalized spacial score (nSPS) is 24.0. The molecule has 1 N–H and O–H groups in total. The van der Waals surface area contributed by atoms with E-state index in [1.165, 1.54) is 0 Å². The van der Waals surface area contributed by atoms with Gasteiger partial charge in [0.15, 0.2) is 5.60 Å². The smallest absolute Gasteiger partial charge is 0.264 e. The van der Waals surface area contributed by atoms with Crippen molar-refractivity contribution in [3.05, 3.63) is 101 Å². The van der Waals surface area contributed by atoms with E-state index in [1.807, 2.05) is 85.9 Å². The monoisotopic (exact) mass is 697 g/mol. The number of hydrogen-bond donors (Lipinski definition) is 1. The third-order valence-corrected chi connectivity index (χ3v) is 13.2. The van der Waals surface area contributed by atoms with Gasteiger partial charge in [-0.3, -0.25) is 14.3 Å². The van der Waals surface area contributed by atoms with Crippen LogP contribution in [0.3, 0.4) is 0 Å². The van der Waals surface area contributed by atoms with Crippen molar-refractivity contribution in [3.8, 4) is 5.75 Å². The second-order valence-electron chi connectivity index (χ2n) is 14.2. The van der Waals surface area contributed by atoms with E-state index in [2.05, 4.69) is 10.3 Å². The largest absolute Gasteiger partial charge is 0.497 e. The van der Waals surface area contributed by atoms with Crippen molar-refractivity contribution in [1.82, 2.24) is 15.0 Å². The number of aromatic nitrogens is 3. The lowest BCUT2D eigenvalue weighted by molar-refractivity contribution is -0.146. The minimum atomic E-state index is -3.38. The number of aliphatic hydroxyl groups is 1. The average molecular weight is 698 g/mol. The molecule has 10 nitrogen and oxygen atoms in total. The predicted octanol–water partition coefficient (Wildman–Crippen LogP) is 5.95. The maximum Gasteiger partial charge on any atom is 0.264 e. The molecule has 5 atom stereocenters. The van der Waals surface area contributed by atoms with Gasteiger partial charge >= 0.3 is 0 Å². The molecule has 4 heterocycles. The highest BCUT2D eigenvalue weighted by atomic mass is 28.4. The molecule has 2 amide bonds. The number of benzene rings is 3. The fourth-order valence-corrected chi connectivity index (χ4v) is 10.9. The van der Waals surface area contributed by atoms with Gasteiger partial charge in [-0.05, 0) is 67.4 Å². The first-order chi connectivity index (χ1) is 24.0. The first-order valence-corrected chi connectivity index (χ1v) is 20.3. The van der Waals surface area contributed by atoms with Gasteiger partial charge in [0.2, 0.25) is 14.3 Å². The van der Waals surface area contributed by atoms with Crippen molar-refractivity contribution in [1.29, 1.82) is 0 Å². The maximum atomic E-state index is 16.4. The number of nitrogens with zero attached hydrogens (tertiary/aromatic N) is 5. The molecule has 2 saturated heterocycles. The van der Waals surface area contributed by atoms with Crippen LogP contribution in [0.4, 0.5) is 15.5 Å². The van der Waals surface area contributed by atoms with Crippen LogP contribution < -0.4 is 14.5 Å². The number of ether oxygens (including phenoxy) is 2. The summed E-state index contributed by atoms with van der Waals surface area (Å²) >= 11 is 0. The minimum Gasteiger partial charge on any atom is -0.497 e. The number of amides is 2. The Morgan fingerprint density at radius 1 is 1.10 bits per heavy atom. The molecule has 3 aromatic carbocycles. The van der Waals surface area contributed by atoms with Crippen LogP contribution in [-0.2, 0) is 33.0 Å². The summed E-state index contributed by atoms with van der Waals surface area (Å²) in [5.41, 5.74) is 2.90. The lowest BCUT2D eigenvalue weighted by Gasteiger charge is -2.31. The molecule has 7 rings (SSSR count). The summed E-state index contributed by atoms with van der Waals surface area (Å²) in [4.78, 5) is 30.6. The van der Waals surface area contributed by atoms with Gasteiger partial charge in [-0.2, -0.15) is 0 Å². The third kappa shape index (κ3) is 5.92. The fraction of sp³-hybridized carbons (Fsp3) is 0.421. The molecule has 0 aliphatic carbocycles. The van der Waals surface area contributed by atoms with Gasteiger partial charge < -0.3 is 28.5 Å². The molecule has 262 valence electrons. The van der Waals surface area contributed by atoms with Gasteiger partial charge in [-0.25, -0.2) is 0 Å². The Labute approximate surface area is 293 Å². The molecular weight excluding hydrogens is 654 g/mol. The number of carbonyl (C=O) groups is 2. The number of aliphatic hydroxyl groups excluding tert-OH is 1. The summed E-state index contributed by atoms with van der Waals surface area (Å²) in [5, 5.41) is 18.8. The number of rotatable bonds is 11. The summed E-state index contributed by atoms with van der Waals surface area (Å²) in [6, 6.07) is 23.0. The number of hydrogen-bond acceptors (Lipinski definition) is 7. The molecule has 3 aliphatic rings. The highest BCUT2D eigenvalue weighted by molar-refractivity contribution is 6.72. The molecule has 4 aromatic rings. The van der Waals surface area contributed by atoms with Crippen LogP contribution in [0.5, 0.6) is 5.75 Å². The fourth-order valence-electron chi connectivity index (χ4n) is 8.36. The Morgan fingerprint density at radius 2 is 1.86 bits per heavy atom. The van der Waals surface area contributed by atoms with Crippen molar-refractivity contribution in [2.24, 2.45) is 5.92 Å². The zero-order chi connectivity index (χ0) is 35.2. The van der Waals surface area contributed by atoms with Crippen molar-refractivity contribution < 1.29 is 28.3 Å². The number of methoxy groups -OCH3 is 1. The zero-order valence-electron chi connectivity index (χ0n) is 29.0. The Hall–Kier alpha value is -4.39. The second kappa shape index (κ2) is 13.4. The zero-order valence-corrected chi connectivity index (χ0v) is 30.0. The van der Waals surface area contributed by atoms with E-state index in [0.29, 0.717) is 49.5 Å². The van der Waals surface area contributed by atoms with Crippen molar-refractivity contribution in [2.45, 2.75) is 75.5 Å². The van der Waals surface area contributed by atoms with Gasteiger partial charge in [0.05, 0.1) is 43.7 Å². The predicted molar refractivity (Wildman–Crippen MR) is 190 cm³/mol. The summed E-state index contributed by atoms with van der Waals surface area (Å²) in [6.45, 7) is 6.64. The molecule has 0 radical (unpaired) electrons. The lowest BCUT2D eigenvalue weighted by atomic mass is 9.82. The first kappa shape index (κ1) is 34.1. The van der Waals surface area contributed by atoms with E-state index in [9.17, 15) is 14.7 Å². The highest BCUT2D eigenvalue weighted by Gasteiger charge is 2.66. The molecular formula is C38H44FN5O5Si. The molecule has 0 bridgehead atoms. The Morgan fingerprint density at radius 3 is 2.52 bits per heavy atom. The van der Waals surface area contributed by atoms with Gasteiger partial charge in [0, 0.05) is 48.4 Å². The molecule has 0 saturated carbocycles. The van der Waals surface area contributed by atoms with Gasteiger partial charge in [0.1, 0.15) is 5.75 Å². The van der Waals surface area contributed by atoms with Gasteiger partial charge in [0.25, 0.3) is 5.91 Å². The van der Waals surface area contributed by atoms with Crippen LogP contribution in [0.15, 0.2) is 79.0 Å². The summed E-state index contributed by atoms with van der Waals surface area (Å²) < 4.78 is 30.7. The molecule has 2 fully saturated rings. The number of halogens is 1. The summed E-state index contributed by atoms with van der Waals surface area (Å²) in [5.74, 6) is -0.257.